The number of pyridine rings is 1. The van der Waals surface area contributed by atoms with Gasteiger partial charge in [0, 0.05) is 18.2 Å². The highest BCUT2D eigenvalue weighted by molar-refractivity contribution is 6.31. The molecule has 2 aromatic heterocycles. The highest BCUT2D eigenvalue weighted by Crippen LogP contribution is 2.37. The first-order chi connectivity index (χ1) is 16.8. The Morgan fingerprint density at radius 1 is 1.03 bits per heavy atom. The Hall–Kier alpha value is -3.85. The van der Waals surface area contributed by atoms with E-state index in [0.717, 1.165) is 35.4 Å². The molecule has 4 aromatic rings. The van der Waals surface area contributed by atoms with Crippen LogP contribution in [-0.4, -0.2) is 14.5 Å². The van der Waals surface area contributed by atoms with Crippen LogP contribution in [0, 0.1) is 0 Å². The van der Waals surface area contributed by atoms with Crippen LogP contribution >= 0.6 is 11.6 Å². The molecule has 178 valence electrons. The lowest BCUT2D eigenvalue weighted by Gasteiger charge is -2.21. The molecule has 0 amide bonds. The zero-order valence-electron chi connectivity index (χ0n) is 18.1. The fourth-order valence-corrected chi connectivity index (χ4v) is 4.07. The Balaban J connectivity index is 1.29. The van der Waals surface area contributed by atoms with E-state index in [9.17, 15) is 18.0 Å². The standard InChI is InChI=1S/C25H17ClF3N3O3/c26-21-8-7-17(11-20(21)25(27,28)29)35-18-6-5-16(30-13-18)14-34-23-12-22-19-4-2-1-3-15(19)9-10-32(22)24(33)31-23/h1-8,11-13H,9-10,14H2. The van der Waals surface area contributed by atoms with Gasteiger partial charge in [0.25, 0.3) is 0 Å². The summed E-state index contributed by atoms with van der Waals surface area (Å²) in [6.07, 6.45) is -2.46. The second-order valence-electron chi connectivity index (χ2n) is 7.84. The molecule has 0 unspecified atom stereocenters. The number of nitrogens with zero attached hydrogens (tertiary/aromatic N) is 3. The molecule has 10 heteroatoms. The third-order valence-corrected chi connectivity index (χ3v) is 5.86. The van der Waals surface area contributed by atoms with E-state index >= 15 is 0 Å². The number of ether oxygens (including phenoxy) is 2. The van der Waals surface area contributed by atoms with E-state index in [-0.39, 0.29) is 29.7 Å². The first-order valence-electron chi connectivity index (χ1n) is 10.6. The van der Waals surface area contributed by atoms with Gasteiger partial charge < -0.3 is 9.47 Å². The Kier molecular flexibility index (Phi) is 5.94. The second kappa shape index (κ2) is 9.07. The van der Waals surface area contributed by atoms with Gasteiger partial charge in [-0.1, -0.05) is 35.9 Å². The number of aromatic nitrogens is 3. The average Bonchev–Trinajstić information content (AvgIpc) is 2.84. The van der Waals surface area contributed by atoms with E-state index in [1.54, 1.807) is 22.8 Å². The number of rotatable bonds is 5. The molecule has 0 N–H and O–H groups in total. The van der Waals surface area contributed by atoms with Crippen LogP contribution in [0.2, 0.25) is 5.02 Å². The van der Waals surface area contributed by atoms with Crippen molar-refractivity contribution in [2.45, 2.75) is 25.7 Å². The topological polar surface area (TPSA) is 66.2 Å². The van der Waals surface area contributed by atoms with Gasteiger partial charge in [-0.15, -0.1) is 0 Å². The van der Waals surface area contributed by atoms with E-state index in [4.69, 9.17) is 21.1 Å². The Bertz CT molecular complexity index is 1450. The number of halogens is 4. The van der Waals surface area contributed by atoms with E-state index < -0.39 is 16.8 Å². The van der Waals surface area contributed by atoms with Gasteiger partial charge in [0.05, 0.1) is 28.2 Å². The summed E-state index contributed by atoms with van der Waals surface area (Å²) in [5.41, 5.74) is 2.03. The van der Waals surface area contributed by atoms with Gasteiger partial charge in [0.2, 0.25) is 5.88 Å². The summed E-state index contributed by atoms with van der Waals surface area (Å²) < 4.78 is 51.9. The van der Waals surface area contributed by atoms with Crippen molar-refractivity contribution in [2.24, 2.45) is 0 Å². The molecule has 0 atom stereocenters. The monoisotopic (exact) mass is 499 g/mol. The fourth-order valence-electron chi connectivity index (χ4n) is 3.84. The first-order valence-corrected chi connectivity index (χ1v) is 11.0. The fraction of sp³-hybridized carbons (Fsp3) is 0.160. The van der Waals surface area contributed by atoms with Crippen molar-refractivity contribution in [3.05, 3.63) is 99.2 Å². The maximum atomic E-state index is 13.0. The summed E-state index contributed by atoms with van der Waals surface area (Å²) in [5.74, 6) is 0.401. The van der Waals surface area contributed by atoms with Crippen LogP contribution < -0.4 is 15.2 Å². The summed E-state index contributed by atoms with van der Waals surface area (Å²) in [6.45, 7) is 0.594. The molecule has 5 rings (SSSR count). The van der Waals surface area contributed by atoms with Gasteiger partial charge in [-0.05, 0) is 42.3 Å². The molecule has 0 fully saturated rings. The summed E-state index contributed by atoms with van der Waals surface area (Å²) in [5, 5.41) is -0.408. The quantitative estimate of drug-likeness (QED) is 0.342. The number of benzene rings is 2. The second-order valence-corrected chi connectivity index (χ2v) is 8.24. The van der Waals surface area contributed by atoms with Crippen LogP contribution in [-0.2, 0) is 25.7 Å². The van der Waals surface area contributed by atoms with E-state index in [2.05, 4.69) is 9.97 Å². The van der Waals surface area contributed by atoms with Crippen molar-refractivity contribution >= 4 is 11.6 Å². The van der Waals surface area contributed by atoms with E-state index in [0.29, 0.717) is 12.2 Å². The van der Waals surface area contributed by atoms with Crippen LogP contribution in [0.15, 0.2) is 71.7 Å². The zero-order chi connectivity index (χ0) is 24.6. The van der Waals surface area contributed by atoms with Crippen molar-refractivity contribution in [2.75, 3.05) is 0 Å². The largest absolute Gasteiger partial charge is 0.471 e. The number of hydrogen-bond donors (Lipinski definition) is 0. The zero-order valence-corrected chi connectivity index (χ0v) is 18.8. The van der Waals surface area contributed by atoms with Crippen LogP contribution in [0.25, 0.3) is 11.3 Å². The Morgan fingerprint density at radius 3 is 2.60 bits per heavy atom. The number of fused-ring (bicyclic) bond motifs is 3. The van der Waals surface area contributed by atoms with Crippen molar-refractivity contribution in [1.82, 2.24) is 14.5 Å². The molecular weight excluding hydrogens is 483 g/mol. The van der Waals surface area contributed by atoms with Crippen molar-refractivity contribution in [3.63, 3.8) is 0 Å². The molecule has 6 nitrogen and oxygen atoms in total. The Labute approximate surface area is 202 Å². The lowest BCUT2D eigenvalue weighted by atomic mass is 9.98. The SMILES string of the molecule is O=c1nc(OCc2ccc(Oc3ccc(Cl)c(C(F)(F)F)c3)cn2)cc2n1CCc1ccccc1-2. The minimum absolute atomic E-state index is 0.0217. The smallest absolute Gasteiger partial charge is 0.417 e. The minimum atomic E-state index is -4.59. The molecule has 0 saturated heterocycles. The summed E-state index contributed by atoms with van der Waals surface area (Å²) in [6, 6.07) is 16.1. The molecule has 0 spiro atoms. The number of aryl methyl sites for hydroxylation is 1. The highest BCUT2D eigenvalue weighted by Gasteiger charge is 2.33. The molecular formula is C25H17ClF3N3O3. The summed E-state index contributed by atoms with van der Waals surface area (Å²) in [4.78, 5) is 20.7. The van der Waals surface area contributed by atoms with Gasteiger partial charge >= 0.3 is 11.9 Å². The average molecular weight is 500 g/mol. The molecule has 3 heterocycles. The molecule has 2 aromatic carbocycles. The maximum absolute atomic E-state index is 13.0. The van der Waals surface area contributed by atoms with Crippen molar-refractivity contribution in [3.8, 4) is 28.6 Å². The normalized spacial score (nSPS) is 12.6. The van der Waals surface area contributed by atoms with Crippen molar-refractivity contribution in [1.29, 1.82) is 0 Å². The highest BCUT2D eigenvalue weighted by atomic mass is 35.5. The van der Waals surface area contributed by atoms with Crippen LogP contribution in [0.3, 0.4) is 0 Å². The van der Waals surface area contributed by atoms with Gasteiger partial charge in [0.1, 0.15) is 18.1 Å². The molecule has 0 radical (unpaired) electrons. The molecule has 1 aliphatic rings. The van der Waals surface area contributed by atoms with E-state index in [1.807, 2.05) is 24.3 Å². The molecule has 0 aliphatic carbocycles. The van der Waals surface area contributed by atoms with E-state index in [1.165, 1.54) is 12.3 Å². The number of hydrogen-bond acceptors (Lipinski definition) is 5. The van der Waals surface area contributed by atoms with Gasteiger partial charge in [0.15, 0.2) is 0 Å². The predicted molar refractivity (Wildman–Crippen MR) is 123 cm³/mol. The van der Waals surface area contributed by atoms with Gasteiger partial charge in [-0.25, -0.2) is 4.79 Å². The molecule has 0 bridgehead atoms. The lowest BCUT2D eigenvalue weighted by Crippen LogP contribution is -2.28. The van der Waals surface area contributed by atoms with Gasteiger partial charge in [-0.2, -0.15) is 18.2 Å². The van der Waals surface area contributed by atoms with Crippen LogP contribution in [0.1, 0.15) is 16.8 Å². The maximum Gasteiger partial charge on any atom is 0.417 e. The van der Waals surface area contributed by atoms with Crippen LogP contribution in [0.4, 0.5) is 13.2 Å². The first kappa shape index (κ1) is 22.9. The Morgan fingerprint density at radius 2 is 1.83 bits per heavy atom. The third-order valence-electron chi connectivity index (χ3n) is 5.53. The van der Waals surface area contributed by atoms with Crippen LogP contribution in [0.5, 0.6) is 17.4 Å². The third kappa shape index (κ3) is 4.85. The molecule has 35 heavy (non-hydrogen) atoms. The van der Waals surface area contributed by atoms with Crippen molar-refractivity contribution < 1.29 is 22.6 Å². The molecule has 0 saturated carbocycles. The summed E-state index contributed by atoms with van der Waals surface area (Å²) in [7, 11) is 0. The van der Waals surface area contributed by atoms with Gasteiger partial charge in [-0.3, -0.25) is 9.55 Å². The lowest BCUT2D eigenvalue weighted by molar-refractivity contribution is -0.137. The minimum Gasteiger partial charge on any atom is -0.471 e. The predicted octanol–water partition coefficient (Wildman–Crippen LogP) is 5.90. The number of alkyl halides is 3. The molecule has 1 aliphatic heterocycles. The summed E-state index contributed by atoms with van der Waals surface area (Å²) >= 11 is 5.64.